The van der Waals surface area contributed by atoms with E-state index in [1.807, 2.05) is 11.6 Å². The average molecular weight is 308 g/mol. The Balaban J connectivity index is 1.75. The van der Waals surface area contributed by atoms with Crippen molar-refractivity contribution in [2.75, 3.05) is 13.1 Å². The van der Waals surface area contributed by atoms with E-state index >= 15 is 0 Å². The van der Waals surface area contributed by atoms with E-state index in [1.54, 1.807) is 0 Å². The van der Waals surface area contributed by atoms with Crippen molar-refractivity contribution in [3.63, 3.8) is 0 Å². The minimum atomic E-state index is -0.126. The van der Waals surface area contributed by atoms with Gasteiger partial charge in [-0.25, -0.2) is 0 Å². The highest BCUT2D eigenvalue weighted by molar-refractivity contribution is 7.71. The highest BCUT2D eigenvalue weighted by atomic mass is 32.1. The van der Waals surface area contributed by atoms with Gasteiger partial charge in [0.25, 0.3) is 0 Å². The Hall–Kier alpha value is -1.17. The van der Waals surface area contributed by atoms with Gasteiger partial charge >= 0.3 is 0 Å². The van der Waals surface area contributed by atoms with Gasteiger partial charge in [-0.05, 0) is 37.9 Å². The van der Waals surface area contributed by atoms with Gasteiger partial charge in [0.2, 0.25) is 5.91 Å². The molecule has 0 unspecified atom stereocenters. The van der Waals surface area contributed by atoms with E-state index in [0.717, 1.165) is 44.6 Å². The van der Waals surface area contributed by atoms with Crippen LogP contribution in [-0.2, 0) is 11.8 Å². The molecule has 0 bridgehead atoms. The van der Waals surface area contributed by atoms with Crippen molar-refractivity contribution in [1.82, 2.24) is 19.7 Å². The van der Waals surface area contributed by atoms with Gasteiger partial charge in [-0.15, -0.1) is 0 Å². The van der Waals surface area contributed by atoms with Crippen LogP contribution in [0.15, 0.2) is 0 Å². The molecule has 0 spiro atoms. The number of carbonyl (C=O) groups is 1. The van der Waals surface area contributed by atoms with Gasteiger partial charge < -0.3 is 9.47 Å². The predicted octanol–water partition coefficient (Wildman–Crippen LogP) is 2.76. The number of rotatable bonds is 2. The Morgan fingerprint density at radius 1 is 1.38 bits per heavy atom. The van der Waals surface area contributed by atoms with Crippen LogP contribution in [0.25, 0.3) is 0 Å². The fraction of sp³-hybridized carbons (Fsp3) is 0.800. The number of H-pyrrole nitrogens is 1. The third kappa shape index (κ3) is 2.65. The van der Waals surface area contributed by atoms with E-state index in [9.17, 15) is 4.79 Å². The van der Waals surface area contributed by atoms with Crippen molar-refractivity contribution in [2.24, 2.45) is 12.5 Å². The molecule has 2 heterocycles. The zero-order valence-electron chi connectivity index (χ0n) is 12.9. The van der Waals surface area contributed by atoms with Crippen molar-refractivity contribution in [2.45, 2.75) is 51.4 Å². The number of hydrogen-bond donors (Lipinski definition) is 1. The van der Waals surface area contributed by atoms with Crippen LogP contribution in [0.1, 0.15) is 57.2 Å². The van der Waals surface area contributed by atoms with E-state index in [-0.39, 0.29) is 5.41 Å². The van der Waals surface area contributed by atoms with Crippen LogP contribution in [0.3, 0.4) is 0 Å². The molecule has 1 N–H and O–H groups in total. The van der Waals surface area contributed by atoms with Gasteiger partial charge in [0.15, 0.2) is 4.77 Å². The van der Waals surface area contributed by atoms with Crippen molar-refractivity contribution in [3.8, 4) is 0 Å². The average Bonchev–Trinajstić information content (AvgIpc) is 3.07. The number of carbonyl (C=O) groups excluding carboxylic acids is 1. The molecule has 21 heavy (non-hydrogen) atoms. The van der Waals surface area contributed by atoms with E-state index < -0.39 is 0 Å². The van der Waals surface area contributed by atoms with Crippen LogP contribution in [0.2, 0.25) is 0 Å². The second-order valence-electron chi connectivity index (χ2n) is 6.80. The summed E-state index contributed by atoms with van der Waals surface area (Å²) in [6.07, 6.45) is 6.58. The molecule has 1 aliphatic heterocycles. The van der Waals surface area contributed by atoms with Gasteiger partial charge in [-0.1, -0.05) is 19.8 Å². The molecule has 2 aliphatic rings. The molecule has 0 radical (unpaired) electrons. The van der Waals surface area contributed by atoms with Gasteiger partial charge in [-0.3, -0.25) is 9.89 Å². The molecular weight excluding hydrogens is 284 g/mol. The van der Waals surface area contributed by atoms with Crippen LogP contribution in [-0.4, -0.2) is 38.7 Å². The molecule has 116 valence electrons. The topological polar surface area (TPSA) is 53.9 Å². The summed E-state index contributed by atoms with van der Waals surface area (Å²) in [7, 11) is 1.94. The molecular formula is C15H24N4OS. The van der Waals surface area contributed by atoms with Crippen LogP contribution in [0.5, 0.6) is 0 Å². The highest BCUT2D eigenvalue weighted by Crippen LogP contribution is 2.40. The van der Waals surface area contributed by atoms with E-state index in [0.29, 0.717) is 16.6 Å². The van der Waals surface area contributed by atoms with Crippen LogP contribution in [0, 0.1) is 10.2 Å². The van der Waals surface area contributed by atoms with Gasteiger partial charge in [0.05, 0.1) is 0 Å². The zero-order valence-corrected chi connectivity index (χ0v) is 13.7. The molecule has 5 nitrogen and oxygen atoms in total. The SMILES string of the molecule is Cn1c([C@H]2CCCN(C(=O)C3(C)CCCC3)C2)n[nH]c1=S. The van der Waals surface area contributed by atoms with Crippen molar-refractivity contribution in [1.29, 1.82) is 0 Å². The summed E-state index contributed by atoms with van der Waals surface area (Å²) >= 11 is 5.19. The van der Waals surface area contributed by atoms with Crippen LogP contribution in [0.4, 0.5) is 0 Å². The Morgan fingerprint density at radius 2 is 2.10 bits per heavy atom. The second-order valence-corrected chi connectivity index (χ2v) is 7.19. The molecule has 1 aliphatic carbocycles. The number of likely N-dealkylation sites (tertiary alicyclic amines) is 1. The summed E-state index contributed by atoms with van der Waals surface area (Å²) in [5.41, 5.74) is -0.126. The smallest absolute Gasteiger partial charge is 0.228 e. The predicted molar refractivity (Wildman–Crippen MR) is 83.5 cm³/mol. The Labute approximate surface area is 130 Å². The first-order chi connectivity index (χ1) is 10.0. The third-order valence-electron chi connectivity index (χ3n) is 5.21. The van der Waals surface area contributed by atoms with Crippen LogP contribution >= 0.6 is 12.2 Å². The lowest BCUT2D eigenvalue weighted by molar-refractivity contribution is -0.142. The largest absolute Gasteiger partial charge is 0.341 e. The standard InChI is InChI=1S/C15H24N4OS/c1-15(7-3-4-8-15)13(20)19-9-5-6-11(10-19)12-16-17-14(21)18(12)2/h11H,3-10H2,1-2H3,(H,17,21)/t11-/m0/s1. The minimum Gasteiger partial charge on any atom is -0.341 e. The fourth-order valence-corrected chi connectivity index (χ4v) is 3.99. The molecule has 1 amide bonds. The molecule has 0 aromatic carbocycles. The lowest BCUT2D eigenvalue weighted by atomic mass is 9.85. The summed E-state index contributed by atoms with van der Waals surface area (Å²) in [6.45, 7) is 3.81. The number of hydrogen-bond acceptors (Lipinski definition) is 3. The second kappa shape index (κ2) is 5.55. The summed E-state index contributed by atoms with van der Waals surface area (Å²) < 4.78 is 2.59. The first-order valence-electron chi connectivity index (χ1n) is 7.92. The Kier molecular flexibility index (Phi) is 3.90. The van der Waals surface area contributed by atoms with Gasteiger partial charge in [-0.2, -0.15) is 5.10 Å². The van der Waals surface area contributed by atoms with Crippen molar-refractivity contribution in [3.05, 3.63) is 10.6 Å². The Morgan fingerprint density at radius 3 is 2.71 bits per heavy atom. The molecule has 1 aromatic rings. The molecule has 3 rings (SSSR count). The number of nitrogens with one attached hydrogen (secondary N) is 1. The first kappa shape index (κ1) is 14.8. The molecule has 1 saturated heterocycles. The van der Waals surface area contributed by atoms with E-state index in [1.165, 1.54) is 12.8 Å². The third-order valence-corrected chi connectivity index (χ3v) is 5.58. The number of aromatic nitrogens is 3. The van der Waals surface area contributed by atoms with Crippen LogP contribution < -0.4 is 0 Å². The maximum atomic E-state index is 12.9. The van der Waals surface area contributed by atoms with Gasteiger partial charge in [0.1, 0.15) is 5.82 Å². The molecule has 1 saturated carbocycles. The van der Waals surface area contributed by atoms with E-state index in [2.05, 4.69) is 22.0 Å². The maximum absolute atomic E-state index is 12.9. The number of piperidine rings is 1. The number of nitrogens with zero attached hydrogens (tertiary/aromatic N) is 3. The minimum absolute atomic E-state index is 0.126. The molecule has 1 aromatic heterocycles. The summed E-state index contributed by atoms with van der Waals surface area (Å²) in [4.78, 5) is 14.9. The summed E-state index contributed by atoms with van der Waals surface area (Å²) in [5, 5.41) is 7.21. The van der Waals surface area contributed by atoms with E-state index in [4.69, 9.17) is 12.2 Å². The normalized spacial score (nSPS) is 25.2. The fourth-order valence-electron chi connectivity index (χ4n) is 3.85. The van der Waals surface area contributed by atoms with Crippen molar-refractivity contribution >= 4 is 18.1 Å². The molecule has 2 fully saturated rings. The quantitative estimate of drug-likeness (QED) is 0.855. The summed E-state index contributed by atoms with van der Waals surface area (Å²) in [5.74, 6) is 1.63. The monoisotopic (exact) mass is 308 g/mol. The van der Waals surface area contributed by atoms with Gasteiger partial charge in [0, 0.05) is 31.5 Å². The first-order valence-corrected chi connectivity index (χ1v) is 8.33. The zero-order chi connectivity index (χ0) is 15.0. The lowest BCUT2D eigenvalue weighted by Gasteiger charge is -2.37. The number of amides is 1. The number of aromatic amines is 1. The molecule has 6 heteroatoms. The molecule has 1 atom stereocenters. The lowest BCUT2D eigenvalue weighted by Crippen LogP contribution is -2.46. The highest BCUT2D eigenvalue weighted by Gasteiger charge is 2.40. The van der Waals surface area contributed by atoms with Crippen molar-refractivity contribution < 1.29 is 4.79 Å². The maximum Gasteiger partial charge on any atom is 0.228 e. The summed E-state index contributed by atoms with van der Waals surface area (Å²) in [6, 6.07) is 0. The Bertz CT molecular complexity index is 585.